The van der Waals surface area contributed by atoms with Crippen molar-refractivity contribution in [2.75, 3.05) is 11.9 Å². The third-order valence-electron chi connectivity index (χ3n) is 3.33. The zero-order valence-electron chi connectivity index (χ0n) is 13.4. The summed E-state index contributed by atoms with van der Waals surface area (Å²) in [6, 6.07) is 11.4. The van der Waals surface area contributed by atoms with E-state index in [0.29, 0.717) is 10.9 Å². The summed E-state index contributed by atoms with van der Waals surface area (Å²) in [5.41, 5.74) is 2.94. The first-order valence-electron chi connectivity index (χ1n) is 7.49. The van der Waals surface area contributed by atoms with Crippen LogP contribution >= 0.6 is 11.3 Å². The molecule has 0 saturated carbocycles. The third-order valence-corrected chi connectivity index (χ3v) is 4.45. The molecular formula is C18H17N3O2S. The molecule has 0 unspecified atom stereocenters. The number of carbonyl (C=O) groups is 1. The number of carbonyl (C=O) groups excluding carboxylic acids is 1. The number of benzene rings is 1. The van der Waals surface area contributed by atoms with Crippen LogP contribution in [0.15, 0.2) is 48.8 Å². The van der Waals surface area contributed by atoms with Crippen LogP contribution in [0.1, 0.15) is 11.3 Å². The quantitative estimate of drug-likeness (QED) is 0.767. The van der Waals surface area contributed by atoms with Crippen molar-refractivity contribution in [1.82, 2.24) is 9.97 Å². The number of aryl methyl sites for hydroxylation is 2. The van der Waals surface area contributed by atoms with Crippen LogP contribution in [-0.2, 0) is 4.79 Å². The van der Waals surface area contributed by atoms with Gasteiger partial charge in [0, 0.05) is 18.0 Å². The summed E-state index contributed by atoms with van der Waals surface area (Å²) in [6.07, 6.45) is 3.51. The Bertz CT molecular complexity index is 846. The van der Waals surface area contributed by atoms with E-state index in [9.17, 15) is 4.79 Å². The van der Waals surface area contributed by atoms with Crippen molar-refractivity contribution in [2.24, 2.45) is 0 Å². The second-order valence-electron chi connectivity index (χ2n) is 5.33. The molecule has 0 spiro atoms. The molecule has 0 bridgehead atoms. The fourth-order valence-corrected chi connectivity index (χ4v) is 3.20. The number of thiazole rings is 1. The monoisotopic (exact) mass is 339 g/mol. The molecule has 3 aromatic rings. The van der Waals surface area contributed by atoms with Crippen molar-refractivity contribution >= 4 is 22.4 Å². The van der Waals surface area contributed by atoms with Gasteiger partial charge in [0.05, 0.1) is 10.6 Å². The third kappa shape index (κ3) is 3.97. The van der Waals surface area contributed by atoms with Gasteiger partial charge in [-0.3, -0.25) is 15.1 Å². The Morgan fingerprint density at radius 3 is 2.88 bits per heavy atom. The molecule has 2 heterocycles. The summed E-state index contributed by atoms with van der Waals surface area (Å²) < 4.78 is 5.50. The second-order valence-corrected chi connectivity index (χ2v) is 6.33. The molecule has 0 aliphatic rings. The molecule has 122 valence electrons. The van der Waals surface area contributed by atoms with Crippen molar-refractivity contribution in [2.45, 2.75) is 13.8 Å². The van der Waals surface area contributed by atoms with E-state index in [2.05, 4.69) is 15.3 Å². The van der Waals surface area contributed by atoms with Gasteiger partial charge in [-0.15, -0.1) is 0 Å². The molecule has 1 N–H and O–H groups in total. The highest BCUT2D eigenvalue weighted by Gasteiger charge is 2.12. The normalized spacial score (nSPS) is 10.4. The van der Waals surface area contributed by atoms with Crippen molar-refractivity contribution in [1.29, 1.82) is 0 Å². The van der Waals surface area contributed by atoms with E-state index in [1.165, 1.54) is 11.3 Å². The zero-order chi connectivity index (χ0) is 16.9. The number of pyridine rings is 1. The Hall–Kier alpha value is -2.73. The second kappa shape index (κ2) is 7.23. The van der Waals surface area contributed by atoms with E-state index in [0.717, 1.165) is 21.7 Å². The maximum atomic E-state index is 12.0. The van der Waals surface area contributed by atoms with Crippen LogP contribution in [0.25, 0.3) is 10.4 Å². The van der Waals surface area contributed by atoms with Gasteiger partial charge in [0.2, 0.25) is 0 Å². The first kappa shape index (κ1) is 16.1. The van der Waals surface area contributed by atoms with Crippen LogP contribution in [0.2, 0.25) is 0 Å². The lowest BCUT2D eigenvalue weighted by Crippen LogP contribution is -2.20. The number of aromatic nitrogens is 2. The van der Waals surface area contributed by atoms with Crippen molar-refractivity contribution in [3.05, 3.63) is 60.0 Å². The van der Waals surface area contributed by atoms with Crippen LogP contribution in [0.5, 0.6) is 5.75 Å². The van der Waals surface area contributed by atoms with Crippen molar-refractivity contribution in [3.8, 4) is 16.2 Å². The average molecular weight is 339 g/mol. The van der Waals surface area contributed by atoms with Gasteiger partial charge in [0.15, 0.2) is 11.7 Å². The Labute approximate surface area is 144 Å². The summed E-state index contributed by atoms with van der Waals surface area (Å²) in [5, 5.41) is 3.34. The Kier molecular flexibility index (Phi) is 4.86. The first-order chi connectivity index (χ1) is 11.6. The molecule has 0 atom stereocenters. The minimum atomic E-state index is -0.233. The van der Waals surface area contributed by atoms with Gasteiger partial charge in [0.25, 0.3) is 5.91 Å². The number of hydrogen-bond donors (Lipinski definition) is 1. The lowest BCUT2D eigenvalue weighted by Gasteiger charge is -2.06. The van der Waals surface area contributed by atoms with E-state index in [1.54, 1.807) is 12.4 Å². The van der Waals surface area contributed by atoms with Crippen LogP contribution in [0, 0.1) is 13.8 Å². The number of nitrogens with one attached hydrogen (secondary N) is 1. The maximum Gasteiger partial charge on any atom is 0.264 e. The molecular weight excluding hydrogens is 322 g/mol. The summed E-state index contributed by atoms with van der Waals surface area (Å²) in [4.78, 5) is 21.6. The topological polar surface area (TPSA) is 64.1 Å². The smallest absolute Gasteiger partial charge is 0.264 e. The SMILES string of the molecule is Cc1cccc(OCC(=O)Nc2nc(C)c(-c3cccnc3)s2)c1. The van der Waals surface area contributed by atoms with Gasteiger partial charge in [-0.2, -0.15) is 0 Å². The fraction of sp³-hybridized carbons (Fsp3) is 0.167. The first-order valence-corrected chi connectivity index (χ1v) is 8.30. The number of hydrogen-bond acceptors (Lipinski definition) is 5. The molecule has 6 heteroatoms. The summed E-state index contributed by atoms with van der Waals surface area (Å²) >= 11 is 1.43. The maximum absolute atomic E-state index is 12.0. The predicted molar refractivity (Wildman–Crippen MR) is 95.4 cm³/mol. The van der Waals surface area contributed by atoms with Crippen LogP contribution in [-0.4, -0.2) is 22.5 Å². The van der Waals surface area contributed by atoms with Gasteiger partial charge in [-0.05, 0) is 37.6 Å². The van der Waals surface area contributed by atoms with E-state index >= 15 is 0 Å². The average Bonchev–Trinajstić information content (AvgIpc) is 2.94. The highest BCUT2D eigenvalue weighted by Crippen LogP contribution is 2.32. The van der Waals surface area contributed by atoms with Gasteiger partial charge in [-0.25, -0.2) is 4.98 Å². The molecule has 0 aliphatic carbocycles. The Morgan fingerprint density at radius 2 is 2.12 bits per heavy atom. The highest BCUT2D eigenvalue weighted by molar-refractivity contribution is 7.19. The van der Waals surface area contributed by atoms with Crippen LogP contribution < -0.4 is 10.1 Å². The molecule has 2 aromatic heterocycles. The molecule has 5 nitrogen and oxygen atoms in total. The number of ether oxygens (including phenoxy) is 1. The van der Waals surface area contributed by atoms with Gasteiger partial charge in [0.1, 0.15) is 5.75 Å². The van der Waals surface area contributed by atoms with E-state index in [4.69, 9.17) is 4.74 Å². The van der Waals surface area contributed by atoms with Gasteiger partial charge >= 0.3 is 0 Å². The number of nitrogens with zero attached hydrogens (tertiary/aromatic N) is 2. The minimum Gasteiger partial charge on any atom is -0.484 e. The lowest BCUT2D eigenvalue weighted by molar-refractivity contribution is -0.118. The van der Waals surface area contributed by atoms with Gasteiger partial charge in [-0.1, -0.05) is 29.5 Å². The summed E-state index contributed by atoms with van der Waals surface area (Å²) in [7, 11) is 0. The molecule has 24 heavy (non-hydrogen) atoms. The summed E-state index contributed by atoms with van der Waals surface area (Å²) in [6.45, 7) is 3.84. The zero-order valence-corrected chi connectivity index (χ0v) is 14.3. The molecule has 0 radical (unpaired) electrons. The fourth-order valence-electron chi connectivity index (χ4n) is 2.22. The molecule has 0 fully saturated rings. The molecule has 1 amide bonds. The van der Waals surface area contributed by atoms with Crippen molar-refractivity contribution in [3.63, 3.8) is 0 Å². The summed E-state index contributed by atoms with van der Waals surface area (Å²) in [5.74, 6) is 0.444. The Morgan fingerprint density at radius 1 is 1.25 bits per heavy atom. The molecule has 0 aliphatic heterocycles. The van der Waals surface area contributed by atoms with Crippen LogP contribution in [0.3, 0.4) is 0 Å². The van der Waals surface area contributed by atoms with Gasteiger partial charge < -0.3 is 4.74 Å². The highest BCUT2D eigenvalue weighted by atomic mass is 32.1. The number of anilines is 1. The number of amides is 1. The minimum absolute atomic E-state index is 0.0513. The largest absolute Gasteiger partial charge is 0.484 e. The predicted octanol–water partition coefficient (Wildman–Crippen LogP) is 3.84. The van der Waals surface area contributed by atoms with Crippen molar-refractivity contribution < 1.29 is 9.53 Å². The standard InChI is InChI=1S/C18H17N3O2S/c1-12-5-3-7-15(9-12)23-11-16(22)21-18-20-13(2)17(24-18)14-6-4-8-19-10-14/h3-10H,11H2,1-2H3,(H,20,21,22). The molecule has 0 saturated heterocycles. The number of rotatable bonds is 5. The lowest BCUT2D eigenvalue weighted by atomic mass is 10.2. The molecule has 1 aromatic carbocycles. The Balaban J connectivity index is 1.63. The van der Waals surface area contributed by atoms with E-state index in [-0.39, 0.29) is 12.5 Å². The van der Waals surface area contributed by atoms with E-state index in [1.807, 2.05) is 50.2 Å². The van der Waals surface area contributed by atoms with E-state index < -0.39 is 0 Å². The van der Waals surface area contributed by atoms with Crippen LogP contribution in [0.4, 0.5) is 5.13 Å². The molecule has 3 rings (SSSR count).